The SMILES string of the molecule is COc1cc(F)cc(C[C@H](O)N2CCc3sc(-c4nc(N[C@@H](C)CO)ncc4Cl)cc3C2=O)c1. The van der Waals surface area contributed by atoms with Crippen LogP contribution in [0.1, 0.15) is 27.7 Å². The average molecular weight is 507 g/mol. The van der Waals surface area contributed by atoms with Crippen molar-refractivity contribution in [3.63, 3.8) is 0 Å². The molecular formula is C23H24ClFN4O4S. The third-order valence-corrected chi connectivity index (χ3v) is 6.93. The molecule has 34 heavy (non-hydrogen) atoms. The number of aliphatic hydroxyl groups is 2. The van der Waals surface area contributed by atoms with E-state index in [2.05, 4.69) is 15.3 Å². The van der Waals surface area contributed by atoms with Gasteiger partial charge in [-0.05, 0) is 30.7 Å². The summed E-state index contributed by atoms with van der Waals surface area (Å²) in [6.07, 6.45) is 0.987. The number of methoxy groups -OCH3 is 1. The van der Waals surface area contributed by atoms with Crippen molar-refractivity contribution in [2.75, 3.05) is 25.6 Å². The van der Waals surface area contributed by atoms with Crippen LogP contribution in [-0.4, -0.2) is 63.5 Å². The van der Waals surface area contributed by atoms with Crippen LogP contribution in [-0.2, 0) is 12.8 Å². The number of anilines is 1. The van der Waals surface area contributed by atoms with Gasteiger partial charge in [0.1, 0.15) is 23.5 Å². The van der Waals surface area contributed by atoms with Crippen LogP contribution in [0.15, 0.2) is 30.5 Å². The van der Waals surface area contributed by atoms with Crippen molar-refractivity contribution in [2.24, 2.45) is 0 Å². The van der Waals surface area contributed by atoms with Crippen LogP contribution >= 0.6 is 22.9 Å². The van der Waals surface area contributed by atoms with Crippen LogP contribution in [0, 0.1) is 5.82 Å². The molecule has 4 rings (SSSR count). The Morgan fingerprint density at radius 3 is 2.88 bits per heavy atom. The van der Waals surface area contributed by atoms with Crippen molar-refractivity contribution < 1.29 is 24.1 Å². The molecule has 2 aromatic heterocycles. The first-order chi connectivity index (χ1) is 16.3. The van der Waals surface area contributed by atoms with Gasteiger partial charge in [0.15, 0.2) is 0 Å². The van der Waals surface area contributed by atoms with Crippen molar-refractivity contribution in [1.82, 2.24) is 14.9 Å². The Labute approximate surface area is 205 Å². The summed E-state index contributed by atoms with van der Waals surface area (Å²) in [6, 6.07) is 5.69. The molecule has 0 unspecified atom stereocenters. The van der Waals surface area contributed by atoms with Gasteiger partial charge in [-0.1, -0.05) is 11.6 Å². The van der Waals surface area contributed by atoms with Crippen LogP contribution in [0.2, 0.25) is 5.02 Å². The predicted molar refractivity (Wildman–Crippen MR) is 128 cm³/mol. The molecule has 0 aliphatic carbocycles. The van der Waals surface area contributed by atoms with E-state index in [1.807, 2.05) is 0 Å². The van der Waals surface area contributed by atoms with Crippen LogP contribution < -0.4 is 10.1 Å². The molecule has 1 amide bonds. The molecule has 180 valence electrons. The maximum Gasteiger partial charge on any atom is 0.257 e. The summed E-state index contributed by atoms with van der Waals surface area (Å²) >= 11 is 7.75. The van der Waals surface area contributed by atoms with Crippen LogP contribution in [0.5, 0.6) is 5.75 Å². The number of carbonyl (C=O) groups excluding carboxylic acids is 1. The van der Waals surface area contributed by atoms with Gasteiger partial charge in [-0.25, -0.2) is 14.4 Å². The number of benzene rings is 1. The fourth-order valence-corrected chi connectivity index (χ4v) is 5.12. The summed E-state index contributed by atoms with van der Waals surface area (Å²) in [5.74, 6) is -0.112. The lowest BCUT2D eigenvalue weighted by Crippen LogP contribution is -2.45. The highest BCUT2D eigenvalue weighted by Gasteiger charge is 2.31. The molecule has 0 radical (unpaired) electrons. The number of thiophene rings is 1. The number of nitrogens with zero attached hydrogens (tertiary/aromatic N) is 3. The Balaban J connectivity index is 1.55. The molecule has 3 aromatic rings. The van der Waals surface area contributed by atoms with Crippen LogP contribution in [0.25, 0.3) is 10.6 Å². The average Bonchev–Trinajstić information content (AvgIpc) is 3.25. The van der Waals surface area contributed by atoms with E-state index in [0.29, 0.717) is 51.4 Å². The second-order valence-corrected chi connectivity index (χ2v) is 9.54. The van der Waals surface area contributed by atoms with Gasteiger partial charge in [0.2, 0.25) is 5.95 Å². The predicted octanol–water partition coefficient (Wildman–Crippen LogP) is 3.36. The summed E-state index contributed by atoms with van der Waals surface area (Å²) in [5, 5.41) is 23.3. The van der Waals surface area contributed by atoms with Gasteiger partial charge in [-0.15, -0.1) is 11.3 Å². The molecule has 11 heteroatoms. The molecular weight excluding hydrogens is 483 g/mol. The molecule has 8 nitrogen and oxygen atoms in total. The second-order valence-electron chi connectivity index (χ2n) is 8.00. The van der Waals surface area contributed by atoms with E-state index in [-0.39, 0.29) is 25.0 Å². The summed E-state index contributed by atoms with van der Waals surface area (Å²) < 4.78 is 18.9. The Hall–Kier alpha value is -2.79. The lowest BCUT2D eigenvalue weighted by molar-refractivity contribution is 0.00645. The zero-order chi connectivity index (χ0) is 24.4. The molecule has 1 aromatic carbocycles. The number of aromatic nitrogens is 2. The molecule has 2 atom stereocenters. The second kappa shape index (κ2) is 10.2. The molecule has 0 saturated carbocycles. The number of halogens is 2. The van der Waals surface area contributed by atoms with E-state index in [1.54, 1.807) is 19.1 Å². The number of rotatable bonds is 8. The van der Waals surface area contributed by atoms with Crippen LogP contribution in [0.3, 0.4) is 0 Å². The number of hydrogen-bond acceptors (Lipinski definition) is 8. The van der Waals surface area contributed by atoms with Crippen molar-refractivity contribution in [3.8, 4) is 16.3 Å². The summed E-state index contributed by atoms with van der Waals surface area (Å²) in [4.78, 5) is 24.7. The van der Waals surface area contributed by atoms with Crippen molar-refractivity contribution in [3.05, 3.63) is 57.3 Å². The Morgan fingerprint density at radius 1 is 1.35 bits per heavy atom. The van der Waals surface area contributed by atoms with E-state index < -0.39 is 12.0 Å². The topological polar surface area (TPSA) is 108 Å². The van der Waals surface area contributed by atoms with Crippen molar-refractivity contribution in [2.45, 2.75) is 32.0 Å². The van der Waals surface area contributed by atoms with E-state index >= 15 is 0 Å². The Kier molecular flexibility index (Phi) is 7.32. The first kappa shape index (κ1) is 24.3. The van der Waals surface area contributed by atoms with Gasteiger partial charge >= 0.3 is 0 Å². The van der Waals surface area contributed by atoms with Crippen molar-refractivity contribution >= 4 is 34.8 Å². The molecule has 1 aliphatic rings. The number of fused-ring (bicyclic) bond motifs is 1. The molecule has 0 spiro atoms. The number of hydrogen-bond donors (Lipinski definition) is 3. The number of amides is 1. The third kappa shape index (κ3) is 5.15. The number of ether oxygens (including phenoxy) is 1. The summed E-state index contributed by atoms with van der Waals surface area (Å²) in [5.41, 5.74) is 1.49. The third-order valence-electron chi connectivity index (χ3n) is 5.45. The maximum atomic E-state index is 13.8. The number of aliphatic hydroxyl groups excluding tert-OH is 2. The molecule has 0 bridgehead atoms. The molecule has 1 aliphatic heterocycles. The van der Waals surface area contributed by atoms with Gasteiger partial charge in [0.05, 0.1) is 35.4 Å². The largest absolute Gasteiger partial charge is 0.497 e. The highest BCUT2D eigenvalue weighted by molar-refractivity contribution is 7.16. The molecule has 3 N–H and O–H groups in total. The highest BCUT2D eigenvalue weighted by atomic mass is 35.5. The lowest BCUT2D eigenvalue weighted by Gasteiger charge is -2.31. The fraction of sp³-hybridized carbons (Fsp3) is 0.348. The lowest BCUT2D eigenvalue weighted by atomic mass is 10.0. The zero-order valence-corrected chi connectivity index (χ0v) is 20.2. The highest BCUT2D eigenvalue weighted by Crippen LogP contribution is 2.37. The standard InChI is InChI=1S/C23H24ClFN4O4S/c1-12(11-30)27-23-26-10-17(24)21(28-23)19-9-16-18(34-19)3-4-29(22(16)32)20(31)7-13-5-14(25)8-15(6-13)33-2/h5-6,8-10,12,20,30-31H,3-4,7,11H2,1-2H3,(H,26,27,28)/t12-,20-/m0/s1. The first-order valence-electron chi connectivity index (χ1n) is 10.6. The van der Waals surface area contributed by atoms with Gasteiger partial charge in [0.25, 0.3) is 5.91 Å². The van der Waals surface area contributed by atoms with E-state index in [0.717, 1.165) is 4.88 Å². The van der Waals surface area contributed by atoms with E-state index in [9.17, 15) is 19.4 Å². The summed E-state index contributed by atoms with van der Waals surface area (Å²) in [7, 11) is 1.44. The molecule has 0 saturated heterocycles. The number of nitrogens with one attached hydrogen (secondary N) is 1. The van der Waals surface area contributed by atoms with Gasteiger partial charge in [-0.3, -0.25) is 4.79 Å². The Bertz CT molecular complexity index is 1210. The molecule has 0 fully saturated rings. The smallest absolute Gasteiger partial charge is 0.257 e. The Morgan fingerprint density at radius 2 is 2.15 bits per heavy atom. The van der Waals surface area contributed by atoms with Gasteiger partial charge in [-0.2, -0.15) is 0 Å². The summed E-state index contributed by atoms with van der Waals surface area (Å²) in [6.45, 7) is 2.04. The van der Waals surface area contributed by atoms with Crippen molar-refractivity contribution in [1.29, 1.82) is 0 Å². The maximum absolute atomic E-state index is 13.8. The van der Waals surface area contributed by atoms with Gasteiger partial charge < -0.3 is 25.2 Å². The fourth-order valence-electron chi connectivity index (χ4n) is 3.73. The van der Waals surface area contributed by atoms with Crippen LogP contribution in [0.4, 0.5) is 10.3 Å². The first-order valence-corrected chi connectivity index (χ1v) is 11.8. The quantitative estimate of drug-likeness (QED) is 0.430. The van der Waals surface area contributed by atoms with E-state index in [1.165, 1.54) is 41.7 Å². The normalized spacial score (nSPS) is 15.1. The van der Waals surface area contributed by atoms with Gasteiger partial charge in [0, 0.05) is 36.4 Å². The number of carbonyl (C=O) groups is 1. The zero-order valence-electron chi connectivity index (χ0n) is 18.6. The monoisotopic (exact) mass is 506 g/mol. The minimum atomic E-state index is -1.12. The minimum absolute atomic E-state index is 0.0714. The minimum Gasteiger partial charge on any atom is -0.497 e. The van der Waals surface area contributed by atoms with E-state index in [4.69, 9.17) is 16.3 Å². The molecule has 3 heterocycles.